The predicted molar refractivity (Wildman–Crippen MR) is 110 cm³/mol. The Kier molecular flexibility index (Phi) is 5.19. The number of carbonyl (C=O) groups is 1. The number of para-hydroxylation sites is 1. The van der Waals surface area contributed by atoms with E-state index in [4.69, 9.17) is 9.47 Å². The van der Waals surface area contributed by atoms with E-state index in [2.05, 4.69) is 4.98 Å². The molecule has 2 aliphatic heterocycles. The van der Waals surface area contributed by atoms with E-state index in [1.165, 1.54) is 12.3 Å². The number of hydrogen-bond donors (Lipinski definition) is 0. The molecule has 4 rings (SSSR count). The summed E-state index contributed by atoms with van der Waals surface area (Å²) in [6.45, 7) is 6.30. The number of carbonyl (C=O) groups excluding carboxylic acids is 1. The summed E-state index contributed by atoms with van der Waals surface area (Å²) in [6, 6.07) is 8.83. The number of piperazine rings is 1. The van der Waals surface area contributed by atoms with Gasteiger partial charge in [-0.05, 0) is 26.0 Å². The van der Waals surface area contributed by atoms with Gasteiger partial charge in [0.25, 0.3) is 11.6 Å². The summed E-state index contributed by atoms with van der Waals surface area (Å²) in [4.78, 5) is 30.8. The molecule has 0 spiro atoms. The molecule has 1 amide bonds. The van der Waals surface area contributed by atoms with Crippen LogP contribution >= 0.6 is 0 Å². The highest BCUT2D eigenvalue weighted by atomic mass is 16.6. The highest BCUT2D eigenvalue weighted by Gasteiger charge is 2.32. The van der Waals surface area contributed by atoms with Crippen molar-refractivity contribution < 1.29 is 19.2 Å². The van der Waals surface area contributed by atoms with Crippen LogP contribution in [0.15, 0.2) is 36.5 Å². The number of ether oxygens (including phenoxy) is 2. The van der Waals surface area contributed by atoms with Crippen LogP contribution in [0.2, 0.25) is 0 Å². The molecule has 9 heteroatoms. The topological polar surface area (TPSA) is 98.0 Å². The fourth-order valence-electron chi connectivity index (χ4n) is 3.79. The van der Waals surface area contributed by atoms with E-state index in [0.29, 0.717) is 37.7 Å². The summed E-state index contributed by atoms with van der Waals surface area (Å²) in [5.74, 6) is 1.91. The van der Waals surface area contributed by atoms with Crippen LogP contribution in [0.3, 0.4) is 0 Å². The van der Waals surface area contributed by atoms with Gasteiger partial charge < -0.3 is 19.3 Å². The lowest BCUT2D eigenvalue weighted by Gasteiger charge is -2.35. The molecule has 30 heavy (non-hydrogen) atoms. The van der Waals surface area contributed by atoms with Crippen LogP contribution in [0, 0.1) is 10.1 Å². The van der Waals surface area contributed by atoms with Crippen molar-refractivity contribution in [2.75, 3.05) is 37.7 Å². The molecule has 2 aromatic rings. The first kappa shape index (κ1) is 19.9. The SMILES string of the molecule is CC1(C)Cc2cccc(OCC(=O)N3CCN(c4ccc([N+](=O)[O-])cn4)CC3)c2O1. The number of nitro groups is 1. The third-order valence-corrected chi connectivity index (χ3v) is 5.31. The van der Waals surface area contributed by atoms with Crippen LogP contribution in [0.1, 0.15) is 19.4 Å². The number of amides is 1. The molecule has 1 saturated heterocycles. The lowest BCUT2D eigenvalue weighted by molar-refractivity contribution is -0.385. The molecule has 1 fully saturated rings. The molecule has 2 aliphatic rings. The van der Waals surface area contributed by atoms with E-state index in [1.54, 1.807) is 11.0 Å². The smallest absolute Gasteiger partial charge is 0.287 e. The Hall–Kier alpha value is -3.36. The Balaban J connectivity index is 1.30. The van der Waals surface area contributed by atoms with Crippen LogP contribution < -0.4 is 14.4 Å². The zero-order valence-electron chi connectivity index (χ0n) is 17.0. The van der Waals surface area contributed by atoms with Gasteiger partial charge in [0.15, 0.2) is 18.1 Å². The van der Waals surface area contributed by atoms with E-state index in [9.17, 15) is 14.9 Å². The van der Waals surface area contributed by atoms with Gasteiger partial charge in [0.2, 0.25) is 0 Å². The maximum Gasteiger partial charge on any atom is 0.287 e. The van der Waals surface area contributed by atoms with Crippen LogP contribution in [0.4, 0.5) is 11.5 Å². The average molecular weight is 412 g/mol. The summed E-state index contributed by atoms with van der Waals surface area (Å²) in [5.41, 5.74) is 0.784. The normalized spacial score (nSPS) is 17.3. The maximum atomic E-state index is 12.6. The lowest BCUT2D eigenvalue weighted by Crippen LogP contribution is -2.50. The Morgan fingerprint density at radius 2 is 2.00 bits per heavy atom. The Labute approximate surface area is 174 Å². The number of hydrogen-bond acceptors (Lipinski definition) is 7. The van der Waals surface area contributed by atoms with Gasteiger partial charge in [-0.3, -0.25) is 14.9 Å². The van der Waals surface area contributed by atoms with Gasteiger partial charge in [-0.2, -0.15) is 0 Å². The van der Waals surface area contributed by atoms with Crippen molar-refractivity contribution in [1.29, 1.82) is 0 Å². The molecular formula is C21H24N4O5. The third-order valence-electron chi connectivity index (χ3n) is 5.31. The summed E-state index contributed by atoms with van der Waals surface area (Å²) in [7, 11) is 0. The fraction of sp³-hybridized carbons (Fsp3) is 0.429. The van der Waals surface area contributed by atoms with E-state index < -0.39 is 4.92 Å². The van der Waals surface area contributed by atoms with E-state index in [1.807, 2.05) is 36.9 Å². The number of pyridine rings is 1. The molecule has 0 atom stereocenters. The van der Waals surface area contributed by atoms with Crippen LogP contribution in [-0.4, -0.2) is 59.1 Å². The number of anilines is 1. The predicted octanol–water partition coefficient (Wildman–Crippen LogP) is 2.43. The second-order valence-electron chi connectivity index (χ2n) is 8.07. The second kappa shape index (κ2) is 7.81. The molecule has 0 N–H and O–H groups in total. The third kappa shape index (κ3) is 4.14. The summed E-state index contributed by atoms with van der Waals surface area (Å²) < 4.78 is 11.8. The monoisotopic (exact) mass is 412 g/mol. The molecule has 0 bridgehead atoms. The number of fused-ring (bicyclic) bond motifs is 1. The molecule has 1 aromatic carbocycles. The average Bonchev–Trinajstić information content (AvgIpc) is 3.06. The minimum Gasteiger partial charge on any atom is -0.483 e. The largest absolute Gasteiger partial charge is 0.483 e. The first-order chi connectivity index (χ1) is 14.3. The van der Waals surface area contributed by atoms with Gasteiger partial charge in [-0.1, -0.05) is 12.1 Å². The zero-order chi connectivity index (χ0) is 21.3. The van der Waals surface area contributed by atoms with Crippen LogP contribution in [-0.2, 0) is 11.2 Å². The first-order valence-electron chi connectivity index (χ1n) is 9.89. The Bertz CT molecular complexity index is 952. The first-order valence-corrected chi connectivity index (χ1v) is 9.89. The zero-order valence-corrected chi connectivity index (χ0v) is 17.0. The van der Waals surface area contributed by atoms with Crippen molar-refractivity contribution in [2.45, 2.75) is 25.9 Å². The Morgan fingerprint density at radius 3 is 2.67 bits per heavy atom. The highest BCUT2D eigenvalue weighted by Crippen LogP contribution is 2.41. The second-order valence-corrected chi connectivity index (χ2v) is 8.07. The summed E-state index contributed by atoms with van der Waals surface area (Å²) in [6.07, 6.45) is 2.06. The number of aromatic nitrogens is 1. The summed E-state index contributed by atoms with van der Waals surface area (Å²) in [5, 5.41) is 10.8. The van der Waals surface area contributed by atoms with E-state index in [-0.39, 0.29) is 23.8 Å². The van der Waals surface area contributed by atoms with Crippen molar-refractivity contribution >= 4 is 17.4 Å². The minimum atomic E-state index is -0.471. The number of benzene rings is 1. The minimum absolute atomic E-state index is 0.0375. The molecular weight excluding hydrogens is 388 g/mol. The van der Waals surface area contributed by atoms with Gasteiger partial charge >= 0.3 is 0 Å². The highest BCUT2D eigenvalue weighted by molar-refractivity contribution is 5.78. The molecule has 0 saturated carbocycles. The molecule has 1 aromatic heterocycles. The van der Waals surface area contributed by atoms with Crippen molar-refractivity contribution in [2.24, 2.45) is 0 Å². The molecule has 9 nitrogen and oxygen atoms in total. The maximum absolute atomic E-state index is 12.6. The Morgan fingerprint density at radius 1 is 1.23 bits per heavy atom. The lowest BCUT2D eigenvalue weighted by atomic mass is 10.0. The van der Waals surface area contributed by atoms with Crippen molar-refractivity contribution in [1.82, 2.24) is 9.88 Å². The van der Waals surface area contributed by atoms with Gasteiger partial charge in [0.05, 0.1) is 4.92 Å². The fourth-order valence-corrected chi connectivity index (χ4v) is 3.79. The standard InChI is InChI=1S/C21H24N4O5/c1-21(2)12-15-4-3-5-17(20(15)30-21)29-14-19(26)24-10-8-23(9-11-24)18-7-6-16(13-22-18)25(27)28/h3-7,13H,8-12,14H2,1-2H3. The van der Waals surface area contributed by atoms with Crippen LogP contribution in [0.25, 0.3) is 0 Å². The van der Waals surface area contributed by atoms with Crippen molar-refractivity contribution in [3.8, 4) is 11.5 Å². The van der Waals surface area contributed by atoms with Gasteiger partial charge in [-0.15, -0.1) is 0 Å². The van der Waals surface area contributed by atoms with Gasteiger partial charge in [0, 0.05) is 44.2 Å². The van der Waals surface area contributed by atoms with Gasteiger partial charge in [-0.25, -0.2) is 4.98 Å². The van der Waals surface area contributed by atoms with E-state index >= 15 is 0 Å². The molecule has 158 valence electrons. The quantitative estimate of drug-likeness (QED) is 0.549. The molecule has 0 unspecified atom stereocenters. The van der Waals surface area contributed by atoms with Crippen LogP contribution in [0.5, 0.6) is 11.5 Å². The number of nitrogens with zero attached hydrogens (tertiary/aromatic N) is 4. The molecule has 0 aliphatic carbocycles. The van der Waals surface area contributed by atoms with Crippen molar-refractivity contribution in [3.05, 3.63) is 52.2 Å². The molecule has 3 heterocycles. The van der Waals surface area contributed by atoms with Crippen molar-refractivity contribution in [3.63, 3.8) is 0 Å². The molecule has 0 radical (unpaired) electrons. The summed E-state index contributed by atoms with van der Waals surface area (Å²) >= 11 is 0. The van der Waals surface area contributed by atoms with E-state index in [0.717, 1.165) is 17.7 Å². The number of rotatable bonds is 5. The van der Waals surface area contributed by atoms with Gasteiger partial charge in [0.1, 0.15) is 17.6 Å².